The summed E-state index contributed by atoms with van der Waals surface area (Å²) in [7, 11) is 0. The van der Waals surface area contributed by atoms with Gasteiger partial charge in [0.15, 0.2) is 0 Å². The van der Waals surface area contributed by atoms with Crippen molar-refractivity contribution in [1.82, 2.24) is 9.55 Å². The van der Waals surface area contributed by atoms with E-state index in [1.165, 1.54) is 27.9 Å². The van der Waals surface area contributed by atoms with Gasteiger partial charge < -0.3 is 4.57 Å². The van der Waals surface area contributed by atoms with E-state index in [1.807, 2.05) is 12.3 Å². The Morgan fingerprint density at radius 1 is 1.00 bits per heavy atom. The Hall–Kier alpha value is -2.09. The highest BCUT2D eigenvalue weighted by molar-refractivity contribution is 5.81. The summed E-state index contributed by atoms with van der Waals surface area (Å²) in [4.78, 5) is 4.50. The minimum absolute atomic E-state index is 0.905. The van der Waals surface area contributed by atoms with E-state index in [2.05, 4.69) is 60.7 Å². The van der Waals surface area contributed by atoms with Gasteiger partial charge in [-0.2, -0.15) is 0 Å². The van der Waals surface area contributed by atoms with Crippen molar-refractivity contribution < 1.29 is 0 Å². The zero-order valence-electron chi connectivity index (χ0n) is 11.6. The van der Waals surface area contributed by atoms with Gasteiger partial charge in [0.05, 0.1) is 11.0 Å². The number of benzene rings is 1. The highest BCUT2D eigenvalue weighted by Crippen LogP contribution is 2.24. The Kier molecular flexibility index (Phi) is 2.86. The number of nitrogens with zero attached hydrogens (tertiary/aromatic N) is 2. The number of pyridine rings is 1. The lowest BCUT2D eigenvalue weighted by atomic mass is 10.1. The highest BCUT2D eigenvalue weighted by atomic mass is 15.0. The third kappa shape index (κ3) is 2.03. The van der Waals surface area contributed by atoms with Gasteiger partial charge in [0.25, 0.3) is 0 Å². The number of fused-ring (bicyclic) bond motifs is 1. The van der Waals surface area contributed by atoms with E-state index in [4.69, 9.17) is 0 Å². The van der Waals surface area contributed by atoms with Crippen molar-refractivity contribution in [3.8, 4) is 0 Å². The van der Waals surface area contributed by atoms with Crippen LogP contribution in [-0.4, -0.2) is 9.55 Å². The second-order valence-corrected chi connectivity index (χ2v) is 5.15. The van der Waals surface area contributed by atoms with Gasteiger partial charge in [-0.15, -0.1) is 0 Å². The highest BCUT2D eigenvalue weighted by Gasteiger charge is 2.11. The molecule has 2 nitrogen and oxygen atoms in total. The fourth-order valence-corrected chi connectivity index (χ4v) is 2.54. The lowest BCUT2D eigenvalue weighted by Gasteiger charge is -2.09. The smallest absolute Gasteiger partial charge is 0.0912 e. The maximum absolute atomic E-state index is 4.50. The molecule has 0 fully saturated rings. The largest absolute Gasteiger partial charge is 0.339 e. The molecular weight excluding hydrogens is 232 g/mol. The van der Waals surface area contributed by atoms with Crippen molar-refractivity contribution in [3.05, 3.63) is 65.0 Å². The monoisotopic (exact) mass is 250 g/mol. The molecule has 0 saturated heterocycles. The topological polar surface area (TPSA) is 17.8 Å². The maximum atomic E-state index is 4.50. The van der Waals surface area contributed by atoms with E-state index in [9.17, 15) is 0 Å². The maximum Gasteiger partial charge on any atom is 0.0912 e. The normalized spacial score (nSPS) is 11.1. The second-order valence-electron chi connectivity index (χ2n) is 5.15. The molecule has 1 aromatic carbocycles. The molecule has 0 atom stereocenters. The van der Waals surface area contributed by atoms with Gasteiger partial charge in [-0.1, -0.05) is 29.8 Å². The third-order valence-corrected chi connectivity index (χ3v) is 3.84. The molecule has 19 heavy (non-hydrogen) atoms. The molecular formula is C17H18N2. The fourth-order valence-electron chi connectivity index (χ4n) is 2.54. The molecule has 0 amide bonds. The Bertz CT molecular complexity index is 721. The van der Waals surface area contributed by atoms with Crippen LogP contribution in [0.2, 0.25) is 0 Å². The first kappa shape index (κ1) is 12.0. The number of aromatic nitrogens is 2. The van der Waals surface area contributed by atoms with Crippen molar-refractivity contribution in [2.45, 2.75) is 27.3 Å². The summed E-state index contributed by atoms with van der Waals surface area (Å²) in [6, 6.07) is 12.9. The van der Waals surface area contributed by atoms with Gasteiger partial charge in [-0.05, 0) is 44.0 Å². The van der Waals surface area contributed by atoms with Gasteiger partial charge in [-0.25, -0.2) is 0 Å². The summed E-state index contributed by atoms with van der Waals surface area (Å²) >= 11 is 0. The van der Waals surface area contributed by atoms with Crippen LogP contribution in [0.3, 0.4) is 0 Å². The molecule has 0 aliphatic rings. The van der Waals surface area contributed by atoms with Gasteiger partial charge >= 0.3 is 0 Å². The Labute approximate surface area is 113 Å². The molecule has 3 rings (SSSR count). The molecule has 2 heteroatoms. The molecule has 96 valence electrons. The number of hydrogen-bond donors (Lipinski definition) is 0. The van der Waals surface area contributed by atoms with Crippen LogP contribution in [0.1, 0.15) is 22.4 Å². The lowest BCUT2D eigenvalue weighted by molar-refractivity contribution is 0.800. The van der Waals surface area contributed by atoms with E-state index in [1.54, 1.807) is 0 Å². The standard InChI is InChI=1S/C17H18N2/c1-12-6-8-15(9-7-12)11-19-14(3)13(2)17-16(19)5-4-10-18-17/h4-10H,11H2,1-3H3. The molecule has 0 saturated carbocycles. The Morgan fingerprint density at radius 3 is 2.47 bits per heavy atom. The van der Waals surface area contributed by atoms with Crippen molar-refractivity contribution in [1.29, 1.82) is 0 Å². The molecule has 0 aliphatic carbocycles. The minimum atomic E-state index is 0.905. The van der Waals surface area contributed by atoms with Gasteiger partial charge in [0.1, 0.15) is 0 Å². The van der Waals surface area contributed by atoms with Crippen LogP contribution in [0.15, 0.2) is 42.6 Å². The molecule has 2 aromatic heterocycles. The van der Waals surface area contributed by atoms with Gasteiger partial charge in [-0.3, -0.25) is 4.98 Å². The number of hydrogen-bond acceptors (Lipinski definition) is 1. The first-order valence-corrected chi connectivity index (χ1v) is 6.63. The van der Waals surface area contributed by atoms with E-state index in [-0.39, 0.29) is 0 Å². The van der Waals surface area contributed by atoms with Gasteiger partial charge in [0, 0.05) is 18.4 Å². The van der Waals surface area contributed by atoms with Crippen LogP contribution < -0.4 is 0 Å². The minimum Gasteiger partial charge on any atom is -0.339 e. The first-order valence-electron chi connectivity index (χ1n) is 6.63. The van der Waals surface area contributed by atoms with E-state index in [0.29, 0.717) is 0 Å². The van der Waals surface area contributed by atoms with E-state index < -0.39 is 0 Å². The van der Waals surface area contributed by atoms with Crippen molar-refractivity contribution >= 4 is 11.0 Å². The molecule has 0 unspecified atom stereocenters. The van der Waals surface area contributed by atoms with Crippen LogP contribution in [0.25, 0.3) is 11.0 Å². The summed E-state index contributed by atoms with van der Waals surface area (Å²) in [5.41, 5.74) is 7.55. The predicted molar refractivity (Wildman–Crippen MR) is 79.5 cm³/mol. The lowest BCUT2D eigenvalue weighted by Crippen LogP contribution is -2.01. The van der Waals surface area contributed by atoms with Crippen molar-refractivity contribution in [3.63, 3.8) is 0 Å². The summed E-state index contributed by atoms with van der Waals surface area (Å²) in [5.74, 6) is 0. The average molecular weight is 250 g/mol. The van der Waals surface area contributed by atoms with Crippen LogP contribution >= 0.6 is 0 Å². The van der Waals surface area contributed by atoms with Crippen LogP contribution in [0.5, 0.6) is 0 Å². The first-order chi connectivity index (χ1) is 9.16. The van der Waals surface area contributed by atoms with Crippen LogP contribution in [0, 0.1) is 20.8 Å². The molecule has 2 heterocycles. The van der Waals surface area contributed by atoms with Crippen molar-refractivity contribution in [2.75, 3.05) is 0 Å². The molecule has 0 spiro atoms. The predicted octanol–water partition coefficient (Wildman–Crippen LogP) is 4.01. The number of aryl methyl sites for hydroxylation is 2. The zero-order chi connectivity index (χ0) is 13.4. The third-order valence-electron chi connectivity index (χ3n) is 3.84. The van der Waals surface area contributed by atoms with Crippen LogP contribution in [0.4, 0.5) is 0 Å². The van der Waals surface area contributed by atoms with Crippen molar-refractivity contribution in [2.24, 2.45) is 0 Å². The quantitative estimate of drug-likeness (QED) is 0.672. The number of rotatable bonds is 2. The van der Waals surface area contributed by atoms with Crippen LogP contribution in [-0.2, 0) is 6.54 Å². The Balaban J connectivity index is 2.10. The summed E-state index contributed by atoms with van der Waals surface area (Å²) < 4.78 is 2.35. The summed E-state index contributed by atoms with van der Waals surface area (Å²) in [6.45, 7) is 7.35. The average Bonchev–Trinajstić information content (AvgIpc) is 2.67. The van der Waals surface area contributed by atoms with Gasteiger partial charge in [0.2, 0.25) is 0 Å². The molecule has 0 aliphatic heterocycles. The summed E-state index contributed by atoms with van der Waals surface area (Å²) in [5, 5.41) is 0. The molecule has 0 radical (unpaired) electrons. The molecule has 0 N–H and O–H groups in total. The summed E-state index contributed by atoms with van der Waals surface area (Å²) in [6.07, 6.45) is 1.87. The Morgan fingerprint density at radius 2 is 1.74 bits per heavy atom. The zero-order valence-corrected chi connectivity index (χ0v) is 11.6. The van der Waals surface area contributed by atoms with E-state index >= 15 is 0 Å². The fraction of sp³-hybridized carbons (Fsp3) is 0.235. The molecule has 0 bridgehead atoms. The molecule has 3 aromatic rings. The van der Waals surface area contributed by atoms with E-state index in [0.717, 1.165) is 12.1 Å². The SMILES string of the molecule is Cc1ccc(Cn2c(C)c(C)c3ncccc32)cc1. The second kappa shape index (κ2) is 4.54.